The second-order valence-corrected chi connectivity index (χ2v) is 6.70. The lowest BCUT2D eigenvalue weighted by atomic mass is 10.1. The van der Waals surface area contributed by atoms with E-state index in [2.05, 4.69) is 5.32 Å². The van der Waals surface area contributed by atoms with Crippen LogP contribution in [0.1, 0.15) is 16.7 Å². The minimum Gasteiger partial charge on any atom is -0.324 e. The van der Waals surface area contributed by atoms with Gasteiger partial charge >= 0.3 is 11.1 Å². The maximum atomic E-state index is 13.5. The Kier molecular flexibility index (Phi) is 5.26. The number of amides is 1. The van der Waals surface area contributed by atoms with Crippen molar-refractivity contribution in [1.82, 2.24) is 9.13 Å². The number of nitrogens with zero attached hydrogens (tertiary/aromatic N) is 2. The molecule has 0 saturated carbocycles. The van der Waals surface area contributed by atoms with Crippen LogP contribution in [0.3, 0.4) is 0 Å². The molecule has 0 aliphatic rings. The van der Waals surface area contributed by atoms with E-state index in [9.17, 15) is 18.8 Å². The third-order valence-corrected chi connectivity index (χ3v) is 4.47. The summed E-state index contributed by atoms with van der Waals surface area (Å²) in [6, 6.07) is 9.65. The normalized spacial score (nSPS) is 10.7. The van der Waals surface area contributed by atoms with Gasteiger partial charge in [0.1, 0.15) is 12.4 Å². The van der Waals surface area contributed by atoms with Gasteiger partial charge in [-0.15, -0.1) is 0 Å². The van der Waals surface area contributed by atoms with Crippen molar-refractivity contribution in [3.05, 3.63) is 92.0 Å². The number of halogens is 1. The van der Waals surface area contributed by atoms with Gasteiger partial charge in [-0.05, 0) is 55.7 Å². The molecule has 0 atom stereocenters. The van der Waals surface area contributed by atoms with Gasteiger partial charge in [0.25, 0.3) is 0 Å². The largest absolute Gasteiger partial charge is 0.324 e. The Morgan fingerprint density at radius 3 is 2.43 bits per heavy atom. The topological polar surface area (TPSA) is 73.1 Å². The first-order chi connectivity index (χ1) is 13.3. The van der Waals surface area contributed by atoms with Crippen molar-refractivity contribution in [2.24, 2.45) is 0 Å². The van der Waals surface area contributed by atoms with E-state index in [-0.39, 0.29) is 12.2 Å². The molecular weight excluding hydrogens is 361 g/mol. The van der Waals surface area contributed by atoms with Gasteiger partial charge in [0.2, 0.25) is 5.91 Å². The Hall–Kier alpha value is -3.48. The van der Waals surface area contributed by atoms with Crippen LogP contribution in [0.2, 0.25) is 0 Å². The van der Waals surface area contributed by atoms with Gasteiger partial charge in [-0.3, -0.25) is 23.5 Å². The van der Waals surface area contributed by atoms with Gasteiger partial charge in [0, 0.05) is 18.1 Å². The molecule has 28 heavy (non-hydrogen) atoms. The zero-order valence-electron chi connectivity index (χ0n) is 15.8. The maximum absolute atomic E-state index is 13.5. The fourth-order valence-electron chi connectivity index (χ4n) is 2.88. The Labute approximate surface area is 160 Å². The number of aromatic nitrogens is 2. The monoisotopic (exact) mass is 381 g/mol. The molecule has 6 nitrogen and oxygen atoms in total. The van der Waals surface area contributed by atoms with Crippen molar-refractivity contribution in [1.29, 1.82) is 0 Å². The molecule has 3 rings (SSSR count). The van der Waals surface area contributed by atoms with E-state index in [0.29, 0.717) is 11.3 Å². The van der Waals surface area contributed by atoms with Crippen LogP contribution in [-0.4, -0.2) is 15.0 Å². The van der Waals surface area contributed by atoms with E-state index in [1.54, 1.807) is 6.92 Å². The summed E-state index contributed by atoms with van der Waals surface area (Å²) < 4.78 is 15.7. The van der Waals surface area contributed by atoms with E-state index in [1.807, 2.05) is 32.0 Å². The molecule has 1 heterocycles. The molecule has 7 heteroatoms. The Balaban J connectivity index is 1.88. The summed E-state index contributed by atoms with van der Waals surface area (Å²) in [5.41, 5.74) is 1.76. The lowest BCUT2D eigenvalue weighted by Crippen LogP contribution is -2.41. The van der Waals surface area contributed by atoms with Crippen molar-refractivity contribution < 1.29 is 9.18 Å². The predicted molar refractivity (Wildman–Crippen MR) is 106 cm³/mol. The van der Waals surface area contributed by atoms with Crippen LogP contribution in [0, 0.1) is 26.6 Å². The predicted octanol–water partition coefficient (Wildman–Crippen LogP) is 2.70. The molecule has 0 aliphatic heterocycles. The Morgan fingerprint density at radius 2 is 1.68 bits per heavy atom. The molecule has 144 valence electrons. The Morgan fingerprint density at radius 1 is 0.964 bits per heavy atom. The highest BCUT2D eigenvalue weighted by Gasteiger charge is 2.12. The second-order valence-electron chi connectivity index (χ2n) is 6.70. The number of nitrogens with one attached hydrogen (secondary N) is 1. The SMILES string of the molecule is Cc1ccc(C)c(NC(=O)Cn2ccn(-c3cc(F)ccc3C)c(=O)c2=O)c1. The van der Waals surface area contributed by atoms with Crippen molar-refractivity contribution in [3.8, 4) is 5.69 Å². The number of hydrogen-bond acceptors (Lipinski definition) is 3. The molecule has 1 aromatic heterocycles. The number of aryl methyl sites for hydroxylation is 3. The van der Waals surface area contributed by atoms with Crippen LogP contribution in [-0.2, 0) is 11.3 Å². The molecule has 0 spiro atoms. The minimum atomic E-state index is -0.859. The molecule has 1 amide bonds. The quantitative estimate of drug-likeness (QED) is 0.707. The number of carbonyl (C=O) groups is 1. The van der Waals surface area contributed by atoms with Gasteiger partial charge in [0.05, 0.1) is 5.69 Å². The van der Waals surface area contributed by atoms with E-state index in [1.165, 1.54) is 30.6 Å². The summed E-state index contributed by atoms with van der Waals surface area (Å²) >= 11 is 0. The number of rotatable bonds is 4. The summed E-state index contributed by atoms with van der Waals surface area (Å²) in [4.78, 5) is 37.2. The van der Waals surface area contributed by atoms with E-state index < -0.39 is 22.8 Å². The van der Waals surface area contributed by atoms with Crippen LogP contribution in [0.25, 0.3) is 5.69 Å². The molecule has 0 aliphatic carbocycles. The van der Waals surface area contributed by atoms with Crippen LogP contribution >= 0.6 is 0 Å². The van der Waals surface area contributed by atoms with Crippen LogP contribution in [0.5, 0.6) is 0 Å². The first-order valence-electron chi connectivity index (χ1n) is 8.72. The van der Waals surface area contributed by atoms with Crippen molar-refractivity contribution in [2.75, 3.05) is 5.32 Å². The zero-order valence-corrected chi connectivity index (χ0v) is 15.8. The summed E-state index contributed by atoms with van der Waals surface area (Å²) in [6.07, 6.45) is 2.70. The molecule has 0 unspecified atom stereocenters. The van der Waals surface area contributed by atoms with E-state index in [4.69, 9.17) is 0 Å². The smallest absolute Gasteiger partial charge is 0.320 e. The molecular formula is C21H20FN3O3. The molecule has 0 fully saturated rings. The highest BCUT2D eigenvalue weighted by Crippen LogP contribution is 2.16. The van der Waals surface area contributed by atoms with Gasteiger partial charge in [-0.2, -0.15) is 0 Å². The van der Waals surface area contributed by atoms with E-state index >= 15 is 0 Å². The number of hydrogen-bond donors (Lipinski definition) is 1. The van der Waals surface area contributed by atoms with Crippen LogP contribution < -0.4 is 16.4 Å². The first-order valence-corrected chi connectivity index (χ1v) is 8.72. The fraction of sp³-hybridized carbons (Fsp3) is 0.190. The average molecular weight is 381 g/mol. The minimum absolute atomic E-state index is 0.286. The molecule has 0 saturated heterocycles. The zero-order chi connectivity index (χ0) is 20.4. The lowest BCUT2D eigenvalue weighted by molar-refractivity contribution is -0.116. The number of anilines is 1. The van der Waals surface area contributed by atoms with Gasteiger partial charge < -0.3 is 5.32 Å². The molecule has 2 aromatic carbocycles. The summed E-state index contributed by atoms with van der Waals surface area (Å²) in [5.74, 6) is -0.931. The van der Waals surface area contributed by atoms with Crippen LogP contribution in [0.15, 0.2) is 58.4 Å². The second kappa shape index (κ2) is 7.64. The Bertz CT molecular complexity index is 1180. The van der Waals surface area contributed by atoms with Gasteiger partial charge in [-0.1, -0.05) is 18.2 Å². The molecule has 0 radical (unpaired) electrons. The summed E-state index contributed by atoms with van der Waals surface area (Å²) in [5, 5.41) is 2.75. The third-order valence-electron chi connectivity index (χ3n) is 4.47. The fourth-order valence-corrected chi connectivity index (χ4v) is 2.88. The van der Waals surface area contributed by atoms with Crippen molar-refractivity contribution in [3.63, 3.8) is 0 Å². The highest BCUT2D eigenvalue weighted by atomic mass is 19.1. The standard InChI is InChI=1S/C21H20FN3O3/c1-13-4-5-14(2)17(10-13)23-19(26)12-24-8-9-25(21(28)20(24)27)18-11-16(22)7-6-15(18)3/h4-11H,12H2,1-3H3,(H,23,26). The number of carbonyl (C=O) groups excluding carboxylic acids is 1. The first kappa shape index (κ1) is 19.3. The molecule has 1 N–H and O–H groups in total. The number of benzene rings is 2. The van der Waals surface area contributed by atoms with Crippen molar-refractivity contribution >= 4 is 11.6 Å². The summed E-state index contributed by atoms with van der Waals surface area (Å²) in [6.45, 7) is 5.19. The van der Waals surface area contributed by atoms with Gasteiger partial charge in [0.15, 0.2) is 0 Å². The lowest BCUT2D eigenvalue weighted by Gasteiger charge is -2.12. The average Bonchev–Trinajstić information content (AvgIpc) is 2.64. The third kappa shape index (κ3) is 3.93. The van der Waals surface area contributed by atoms with Crippen molar-refractivity contribution in [2.45, 2.75) is 27.3 Å². The van der Waals surface area contributed by atoms with Crippen LogP contribution in [0.4, 0.5) is 10.1 Å². The van der Waals surface area contributed by atoms with Gasteiger partial charge in [-0.25, -0.2) is 4.39 Å². The highest BCUT2D eigenvalue weighted by molar-refractivity contribution is 5.91. The molecule has 0 bridgehead atoms. The summed E-state index contributed by atoms with van der Waals surface area (Å²) in [7, 11) is 0. The maximum Gasteiger partial charge on any atom is 0.320 e. The molecule has 3 aromatic rings. The van der Waals surface area contributed by atoms with E-state index in [0.717, 1.165) is 20.3 Å².